The van der Waals surface area contributed by atoms with Crippen LogP contribution < -0.4 is 0 Å². The molecule has 1 aliphatic rings. The average Bonchev–Trinajstić information content (AvgIpc) is 3.17. The van der Waals surface area contributed by atoms with Gasteiger partial charge >= 0.3 is 0 Å². The zero-order valence-electron chi connectivity index (χ0n) is 25.1. The van der Waals surface area contributed by atoms with Gasteiger partial charge in [-0.05, 0) is 22.0 Å². The topological polar surface area (TPSA) is 51.6 Å². The molecular weight excluding hydrogens is 522 g/mol. The van der Waals surface area contributed by atoms with Gasteiger partial charge in [0.05, 0.1) is 45.1 Å². The lowest BCUT2D eigenvalue weighted by molar-refractivity contribution is 0.658. The van der Waals surface area contributed by atoms with E-state index in [-0.39, 0.29) is 18.2 Å². The Labute approximate surface area is 231 Å². The monoisotopic (exact) mass is 570 g/mol. The van der Waals surface area contributed by atoms with E-state index in [4.69, 9.17) is 9.97 Å². The Morgan fingerprint density at radius 2 is 1.22 bits per heavy atom. The van der Waals surface area contributed by atoms with Gasteiger partial charge in [-0.15, -0.1) is 9.24 Å². The predicted molar refractivity (Wildman–Crippen MR) is 171 cm³/mol. The van der Waals surface area contributed by atoms with E-state index in [0.717, 1.165) is 11.4 Å². The summed E-state index contributed by atoms with van der Waals surface area (Å²) in [6.07, 6.45) is 14.7. The van der Waals surface area contributed by atoms with E-state index in [2.05, 4.69) is 106 Å². The first kappa shape index (κ1) is 30.5. The highest BCUT2D eigenvalue weighted by atomic mass is 31.1. The third kappa shape index (κ3) is 6.40. The molecule has 2 aromatic heterocycles. The largest absolute Gasteiger partial charge is 0.261 e. The second-order valence-corrected chi connectivity index (χ2v) is 29.3. The maximum atomic E-state index is 4.87. The molecule has 0 aromatic carbocycles. The van der Waals surface area contributed by atoms with E-state index >= 15 is 0 Å². The number of hydrogen-bond acceptors (Lipinski definition) is 4. The van der Waals surface area contributed by atoms with Crippen LogP contribution in [0.5, 0.6) is 0 Å². The summed E-state index contributed by atoms with van der Waals surface area (Å²) in [5, 5.41) is 3.30. The molecule has 0 saturated heterocycles. The van der Waals surface area contributed by atoms with Crippen molar-refractivity contribution in [2.75, 3.05) is 6.16 Å². The van der Waals surface area contributed by atoms with Crippen molar-refractivity contribution in [3.63, 3.8) is 0 Å². The normalized spacial score (nSPS) is 18.0. The Kier molecular flexibility index (Phi) is 8.64. The van der Waals surface area contributed by atoms with Crippen molar-refractivity contribution in [2.24, 2.45) is 5.92 Å². The minimum Gasteiger partial charge on any atom is -0.261 e. The molecular formula is C29H48N4P2Si2. The molecule has 2 heterocycles. The van der Waals surface area contributed by atoms with Crippen LogP contribution >= 0.6 is 17.2 Å². The highest BCUT2D eigenvalue weighted by Gasteiger charge is 2.50. The van der Waals surface area contributed by atoms with E-state index in [1.807, 2.05) is 12.4 Å². The highest BCUT2D eigenvalue weighted by Crippen LogP contribution is 2.64. The number of nitrogens with zero attached hydrogens (tertiary/aromatic N) is 4. The molecule has 0 radical (unpaired) electrons. The van der Waals surface area contributed by atoms with Crippen molar-refractivity contribution in [2.45, 2.75) is 96.3 Å². The number of allylic oxidation sites excluding steroid dienone is 4. The fourth-order valence-electron chi connectivity index (χ4n) is 5.97. The summed E-state index contributed by atoms with van der Waals surface area (Å²) >= 11 is 0. The van der Waals surface area contributed by atoms with E-state index in [1.165, 1.54) is 11.7 Å². The second kappa shape index (κ2) is 10.5. The Hall–Kier alpha value is -1.07. The molecule has 2 aromatic rings. The summed E-state index contributed by atoms with van der Waals surface area (Å²) in [5.41, 5.74) is 3.24. The van der Waals surface area contributed by atoms with Gasteiger partial charge in [0.2, 0.25) is 0 Å². The van der Waals surface area contributed by atoms with E-state index < -0.39 is 21.3 Å². The molecule has 0 bridgehead atoms. The molecule has 0 saturated carbocycles. The lowest BCUT2D eigenvalue weighted by atomic mass is 9.85. The minimum absolute atomic E-state index is 0.244. The summed E-state index contributed by atoms with van der Waals surface area (Å²) in [5.74, 6) is 0.361. The standard InChI is InChI=1S/C29H48N4P2Si2/c1-27(2,3)35(28(4,5)6)20-21-22(17-23(36(7,8)9)26(21)37(10,11)12)29(34,24-18-30-13-15-32-24)25-19-31-14-16-33-25/h13-19,21H,20,34H2,1-12H3. The van der Waals surface area contributed by atoms with Gasteiger partial charge in [0.1, 0.15) is 0 Å². The SMILES string of the molecule is CC(C)(C)P(CC1C(C(P)(c2cnccn2)c2cnccn2)=CC([Si](C)(C)C)=C1[Si](C)(C)C)C(C)(C)C. The molecule has 3 rings (SSSR count). The van der Waals surface area contributed by atoms with Crippen LogP contribution in [0.2, 0.25) is 39.3 Å². The lowest BCUT2D eigenvalue weighted by Gasteiger charge is -2.46. The molecule has 4 nitrogen and oxygen atoms in total. The fraction of sp³-hybridized carbons (Fsp3) is 0.586. The molecule has 1 aliphatic carbocycles. The molecule has 0 aliphatic heterocycles. The zero-order chi connectivity index (χ0) is 28.0. The van der Waals surface area contributed by atoms with Gasteiger partial charge in [-0.1, -0.05) is 105 Å². The molecule has 202 valence electrons. The van der Waals surface area contributed by atoms with Crippen molar-refractivity contribution in [1.29, 1.82) is 0 Å². The minimum atomic E-state index is -1.68. The summed E-state index contributed by atoms with van der Waals surface area (Å²) < 4.78 is 0. The fourth-order valence-corrected chi connectivity index (χ4v) is 16.6. The number of aromatic nitrogens is 4. The van der Waals surface area contributed by atoms with Gasteiger partial charge in [-0.2, -0.15) is 0 Å². The number of hydrogen-bond donors (Lipinski definition) is 0. The van der Waals surface area contributed by atoms with Crippen LogP contribution in [0.15, 0.2) is 59.2 Å². The van der Waals surface area contributed by atoms with E-state index in [9.17, 15) is 0 Å². The summed E-state index contributed by atoms with van der Waals surface area (Å²) in [6, 6.07) is 0. The van der Waals surface area contributed by atoms with Gasteiger partial charge in [0.25, 0.3) is 0 Å². The third-order valence-corrected chi connectivity index (χ3v) is 16.7. The average molecular weight is 571 g/mol. The van der Waals surface area contributed by atoms with Crippen molar-refractivity contribution >= 4 is 33.3 Å². The van der Waals surface area contributed by atoms with Gasteiger partial charge < -0.3 is 0 Å². The molecule has 37 heavy (non-hydrogen) atoms. The van der Waals surface area contributed by atoms with Crippen molar-refractivity contribution in [1.82, 2.24) is 19.9 Å². The zero-order valence-corrected chi connectivity index (χ0v) is 29.2. The maximum Gasteiger partial charge on any atom is 0.0933 e. The Morgan fingerprint density at radius 1 is 0.757 bits per heavy atom. The van der Waals surface area contributed by atoms with Gasteiger partial charge in [-0.25, -0.2) is 0 Å². The van der Waals surface area contributed by atoms with E-state index in [1.54, 1.807) is 35.2 Å². The van der Waals surface area contributed by atoms with Crippen molar-refractivity contribution < 1.29 is 0 Å². The van der Waals surface area contributed by atoms with Crippen LogP contribution in [0.25, 0.3) is 0 Å². The van der Waals surface area contributed by atoms with Gasteiger partial charge in [0, 0.05) is 30.7 Å². The van der Waals surface area contributed by atoms with Gasteiger partial charge in [0.15, 0.2) is 0 Å². The smallest absolute Gasteiger partial charge is 0.0933 e. The van der Waals surface area contributed by atoms with Crippen LogP contribution in [-0.4, -0.2) is 52.6 Å². The third-order valence-electron chi connectivity index (χ3n) is 7.30. The Bertz CT molecular complexity index is 1100. The Morgan fingerprint density at radius 3 is 1.54 bits per heavy atom. The van der Waals surface area contributed by atoms with Crippen LogP contribution in [0.1, 0.15) is 52.9 Å². The predicted octanol–water partition coefficient (Wildman–Crippen LogP) is 8.07. The van der Waals surface area contributed by atoms with E-state index in [0.29, 0.717) is 5.92 Å². The number of rotatable bonds is 7. The summed E-state index contributed by atoms with van der Waals surface area (Å²) in [7, 11) is -0.440. The molecule has 0 N–H and O–H groups in total. The molecule has 2 unspecified atom stereocenters. The van der Waals surface area contributed by atoms with Crippen molar-refractivity contribution in [3.05, 3.63) is 70.6 Å². The van der Waals surface area contributed by atoms with Crippen molar-refractivity contribution in [3.8, 4) is 0 Å². The second-order valence-electron chi connectivity index (χ2n) is 14.4. The highest BCUT2D eigenvalue weighted by molar-refractivity contribution is 7.60. The van der Waals surface area contributed by atoms with Crippen LogP contribution in [0, 0.1) is 5.92 Å². The van der Waals surface area contributed by atoms with Crippen LogP contribution in [0.4, 0.5) is 0 Å². The summed E-state index contributed by atoms with van der Waals surface area (Å²) in [4.78, 5) is 18.8. The molecule has 8 heteroatoms. The molecule has 0 fully saturated rings. The molecule has 0 spiro atoms. The Balaban J connectivity index is 2.38. The van der Waals surface area contributed by atoms with Crippen LogP contribution in [0.3, 0.4) is 0 Å². The van der Waals surface area contributed by atoms with Gasteiger partial charge in [-0.3, -0.25) is 19.9 Å². The van der Waals surface area contributed by atoms with Crippen LogP contribution in [-0.2, 0) is 5.16 Å². The first-order valence-electron chi connectivity index (χ1n) is 13.4. The quantitative estimate of drug-likeness (QED) is 0.249. The molecule has 2 atom stereocenters. The summed E-state index contributed by atoms with van der Waals surface area (Å²) in [6.45, 7) is 29.8. The first-order chi connectivity index (χ1) is 16.8. The maximum absolute atomic E-state index is 4.87. The lowest BCUT2D eigenvalue weighted by Crippen LogP contribution is -2.39. The first-order valence-corrected chi connectivity index (χ1v) is 22.5. The molecule has 0 amide bonds.